The van der Waals surface area contributed by atoms with Crippen molar-refractivity contribution in [1.82, 2.24) is 0 Å². The predicted octanol–water partition coefficient (Wildman–Crippen LogP) is 5.49. The lowest BCUT2D eigenvalue weighted by atomic mass is 9.99. The van der Waals surface area contributed by atoms with Gasteiger partial charge in [0.15, 0.2) is 0 Å². The molecule has 0 unspecified atom stereocenters. The monoisotopic (exact) mass is 258 g/mol. The average Bonchev–Trinajstić information content (AvgIpc) is 2.43. The van der Waals surface area contributed by atoms with E-state index < -0.39 is 0 Å². The van der Waals surface area contributed by atoms with Gasteiger partial charge in [0.25, 0.3) is 0 Å². The van der Waals surface area contributed by atoms with Crippen LogP contribution in [0.3, 0.4) is 0 Å². The number of hydrogen-bond acceptors (Lipinski definition) is 2. The molecule has 4 aromatic carbocycles. The second-order valence-corrected chi connectivity index (χ2v) is 5.18. The second-order valence-electron chi connectivity index (χ2n) is 5.18. The van der Waals surface area contributed by atoms with Crippen LogP contribution in [-0.2, 0) is 0 Å². The molecule has 0 N–H and O–H groups in total. The maximum absolute atomic E-state index is 5.13. The van der Waals surface area contributed by atoms with Gasteiger partial charge in [0.2, 0.25) is 11.2 Å². The Balaban J connectivity index is 1.99. The van der Waals surface area contributed by atoms with Gasteiger partial charge in [-0.1, -0.05) is 30.3 Å². The molecule has 2 heteroatoms. The smallest absolute Gasteiger partial charge is 0.233 e. The van der Waals surface area contributed by atoms with Crippen LogP contribution in [0.4, 0.5) is 0 Å². The van der Waals surface area contributed by atoms with Gasteiger partial charge in [0.05, 0.1) is 0 Å². The summed E-state index contributed by atoms with van der Waals surface area (Å²) in [6, 6.07) is 21.3. The van der Waals surface area contributed by atoms with E-state index in [-0.39, 0.29) is 0 Å². The van der Waals surface area contributed by atoms with Crippen LogP contribution in [0.2, 0.25) is 0 Å². The van der Waals surface area contributed by atoms with E-state index in [0.717, 1.165) is 16.6 Å². The fraction of sp³-hybridized carbons (Fsp3) is 0. The summed E-state index contributed by atoms with van der Waals surface area (Å²) in [5.74, 6) is 0. The molecular formula is C18H10O2. The van der Waals surface area contributed by atoms with E-state index in [2.05, 4.69) is 54.6 Å². The zero-order valence-corrected chi connectivity index (χ0v) is 10.6. The minimum absolute atomic E-state index is 0.817. The van der Waals surface area contributed by atoms with Gasteiger partial charge in [-0.2, -0.15) is 0 Å². The van der Waals surface area contributed by atoms with E-state index >= 15 is 0 Å². The van der Waals surface area contributed by atoms with Crippen molar-refractivity contribution < 1.29 is 9.15 Å². The Bertz CT molecular complexity index is 1100. The molecule has 2 nitrogen and oxygen atoms in total. The van der Waals surface area contributed by atoms with Gasteiger partial charge < -0.3 is 0 Å². The first-order valence-corrected chi connectivity index (χ1v) is 6.62. The van der Waals surface area contributed by atoms with Crippen LogP contribution >= 0.6 is 0 Å². The molecular weight excluding hydrogens is 248 g/mol. The molecule has 94 valence electrons. The van der Waals surface area contributed by atoms with E-state index in [9.17, 15) is 0 Å². The molecule has 0 fully saturated rings. The van der Waals surface area contributed by atoms with Crippen molar-refractivity contribution in [3.63, 3.8) is 0 Å². The third kappa shape index (κ3) is 1.23. The fourth-order valence-corrected chi connectivity index (χ4v) is 2.92. The fourth-order valence-electron chi connectivity index (χ4n) is 2.92. The van der Waals surface area contributed by atoms with Gasteiger partial charge in [-0.15, -0.1) is 0 Å². The lowest BCUT2D eigenvalue weighted by Gasteiger charge is -2.07. The first-order chi connectivity index (χ1) is 9.88. The summed E-state index contributed by atoms with van der Waals surface area (Å²) >= 11 is 0. The molecule has 1 aromatic heterocycles. The maximum Gasteiger partial charge on any atom is 0.233 e. The molecule has 0 aliphatic rings. The van der Waals surface area contributed by atoms with Crippen molar-refractivity contribution in [2.75, 3.05) is 0 Å². The molecule has 0 aliphatic carbocycles. The Morgan fingerprint density at radius 1 is 0.550 bits per heavy atom. The number of fused-ring (bicyclic) bond motifs is 5. The van der Waals surface area contributed by atoms with Crippen molar-refractivity contribution >= 4 is 43.5 Å². The Hall–Kier alpha value is -2.74. The highest BCUT2D eigenvalue weighted by Gasteiger charge is 2.10. The van der Waals surface area contributed by atoms with Crippen LogP contribution in [0.1, 0.15) is 0 Å². The van der Waals surface area contributed by atoms with Crippen LogP contribution in [-0.4, -0.2) is 0 Å². The Kier molecular flexibility index (Phi) is 1.73. The quantitative estimate of drug-likeness (QED) is 0.271. The number of hydrogen-bond donors (Lipinski definition) is 0. The summed E-state index contributed by atoms with van der Waals surface area (Å²) in [5, 5.41) is 7.28. The van der Waals surface area contributed by atoms with Gasteiger partial charge in [-0.05, 0) is 57.3 Å². The zero-order chi connectivity index (χ0) is 13.1. The molecule has 0 atom stereocenters. The van der Waals surface area contributed by atoms with Crippen molar-refractivity contribution in [1.29, 1.82) is 0 Å². The standard InChI is InChI=1S/C18H10O2/c1-2-4-12-8-15-10-16-13(5-6-17-18(16)20-19-17)9-14(15)7-11(12)3-1/h1-10H. The average molecular weight is 258 g/mol. The Morgan fingerprint density at radius 2 is 1.25 bits per heavy atom. The van der Waals surface area contributed by atoms with E-state index in [1.807, 2.05) is 6.07 Å². The summed E-state index contributed by atoms with van der Waals surface area (Å²) in [6.45, 7) is 0. The number of benzene rings is 4. The van der Waals surface area contributed by atoms with Crippen LogP contribution in [0.15, 0.2) is 69.8 Å². The lowest BCUT2D eigenvalue weighted by molar-refractivity contribution is 0.0603. The minimum Gasteiger partial charge on any atom is -0.286 e. The normalized spacial score (nSPS) is 12.0. The molecule has 0 radical (unpaired) electrons. The third-order valence-electron chi connectivity index (χ3n) is 3.97. The summed E-state index contributed by atoms with van der Waals surface area (Å²) < 4.78 is 10.1. The molecule has 1 heterocycles. The van der Waals surface area contributed by atoms with E-state index in [4.69, 9.17) is 9.15 Å². The molecule has 20 heavy (non-hydrogen) atoms. The molecule has 0 saturated carbocycles. The highest BCUT2D eigenvalue weighted by molar-refractivity contribution is 6.11. The number of rotatable bonds is 0. The summed E-state index contributed by atoms with van der Waals surface area (Å²) in [7, 11) is 0. The molecule has 0 spiro atoms. The van der Waals surface area contributed by atoms with Crippen molar-refractivity contribution in [2.45, 2.75) is 0 Å². The van der Waals surface area contributed by atoms with E-state index in [0.29, 0.717) is 0 Å². The van der Waals surface area contributed by atoms with Crippen molar-refractivity contribution in [3.8, 4) is 0 Å². The van der Waals surface area contributed by atoms with Crippen LogP contribution in [0.25, 0.3) is 43.5 Å². The zero-order valence-electron chi connectivity index (χ0n) is 10.6. The molecule has 0 aliphatic heterocycles. The van der Waals surface area contributed by atoms with Crippen molar-refractivity contribution in [2.24, 2.45) is 0 Å². The third-order valence-corrected chi connectivity index (χ3v) is 3.97. The first-order valence-electron chi connectivity index (χ1n) is 6.62. The maximum atomic E-state index is 5.13. The van der Waals surface area contributed by atoms with E-state index in [1.54, 1.807) is 0 Å². The molecule has 5 aromatic rings. The Labute approximate surface area is 114 Å². The van der Waals surface area contributed by atoms with Gasteiger partial charge >= 0.3 is 0 Å². The minimum atomic E-state index is 0.817. The molecule has 0 bridgehead atoms. The Morgan fingerprint density at radius 3 is 1.95 bits per heavy atom. The van der Waals surface area contributed by atoms with Gasteiger partial charge in [-0.3, -0.25) is 9.15 Å². The topological polar surface area (TPSA) is 26.3 Å². The van der Waals surface area contributed by atoms with Gasteiger partial charge in [0, 0.05) is 5.39 Å². The largest absolute Gasteiger partial charge is 0.286 e. The summed E-state index contributed by atoms with van der Waals surface area (Å²) in [5.41, 5.74) is 1.66. The van der Waals surface area contributed by atoms with Crippen LogP contribution < -0.4 is 0 Å². The summed E-state index contributed by atoms with van der Waals surface area (Å²) in [4.78, 5) is 0. The first kappa shape index (κ1) is 10.1. The highest BCUT2D eigenvalue weighted by atomic mass is 17.0. The predicted molar refractivity (Wildman–Crippen MR) is 81.0 cm³/mol. The van der Waals surface area contributed by atoms with E-state index in [1.165, 1.54) is 26.9 Å². The molecule has 5 rings (SSSR count). The van der Waals surface area contributed by atoms with Crippen LogP contribution in [0, 0.1) is 0 Å². The highest BCUT2D eigenvalue weighted by Crippen LogP contribution is 2.33. The summed E-state index contributed by atoms with van der Waals surface area (Å²) in [6.07, 6.45) is 0. The SMILES string of the molecule is c1ccc2cc3cc4c(ccc5ooc54)cc3cc2c1. The van der Waals surface area contributed by atoms with Crippen LogP contribution in [0.5, 0.6) is 0 Å². The van der Waals surface area contributed by atoms with Crippen molar-refractivity contribution in [3.05, 3.63) is 60.7 Å². The lowest BCUT2D eigenvalue weighted by Crippen LogP contribution is -1.82. The van der Waals surface area contributed by atoms with Gasteiger partial charge in [-0.25, -0.2) is 0 Å². The molecule has 0 saturated heterocycles. The second kappa shape index (κ2) is 3.42. The van der Waals surface area contributed by atoms with Gasteiger partial charge in [0.1, 0.15) is 0 Å². The molecule has 0 amide bonds.